The zero-order valence-electron chi connectivity index (χ0n) is 16.7. The van der Waals surface area contributed by atoms with Gasteiger partial charge in [0.2, 0.25) is 0 Å². The Morgan fingerprint density at radius 1 is 1.17 bits per heavy atom. The molecule has 0 spiro atoms. The van der Waals surface area contributed by atoms with Crippen molar-refractivity contribution in [1.82, 2.24) is 14.7 Å². The lowest BCUT2D eigenvalue weighted by Crippen LogP contribution is -2.50. The number of carbonyl (C=O) groups excluding carboxylic acids is 1. The average molecular weight is 487 g/mol. The van der Waals surface area contributed by atoms with Gasteiger partial charge in [0.1, 0.15) is 5.60 Å². The standard InChI is InChI=1S/C19H21BrF2N4O4/c1-18(2,3)30-17(27)25-8-6-24(7-9-25)13-11-26(23-16(13)20)12-4-5-14-15(10-12)29-19(21,22)28-14/h4-5,10-11H,6-9H2,1-3H3. The van der Waals surface area contributed by atoms with E-state index in [0.717, 1.165) is 5.69 Å². The molecule has 30 heavy (non-hydrogen) atoms. The first kappa shape index (κ1) is 20.7. The highest BCUT2D eigenvalue weighted by molar-refractivity contribution is 9.10. The van der Waals surface area contributed by atoms with E-state index in [-0.39, 0.29) is 17.6 Å². The topological polar surface area (TPSA) is 69.1 Å². The van der Waals surface area contributed by atoms with Crippen LogP contribution in [-0.2, 0) is 4.74 Å². The number of hydrogen-bond donors (Lipinski definition) is 0. The number of nitrogens with zero attached hydrogens (tertiary/aromatic N) is 4. The Balaban J connectivity index is 1.45. The van der Waals surface area contributed by atoms with Gasteiger partial charge in [0.15, 0.2) is 16.1 Å². The van der Waals surface area contributed by atoms with Crippen LogP contribution in [0.5, 0.6) is 11.5 Å². The minimum Gasteiger partial charge on any atom is -0.444 e. The Labute approximate surface area is 180 Å². The Kier molecular flexibility index (Phi) is 5.03. The van der Waals surface area contributed by atoms with E-state index < -0.39 is 11.9 Å². The minimum atomic E-state index is -3.66. The van der Waals surface area contributed by atoms with Crippen LogP contribution in [0.2, 0.25) is 0 Å². The fraction of sp³-hybridized carbons (Fsp3) is 0.474. The zero-order valence-corrected chi connectivity index (χ0v) is 18.3. The molecule has 0 unspecified atom stereocenters. The minimum absolute atomic E-state index is 0.0199. The van der Waals surface area contributed by atoms with E-state index >= 15 is 0 Å². The molecule has 2 aromatic rings. The molecular weight excluding hydrogens is 466 g/mol. The van der Waals surface area contributed by atoms with Gasteiger partial charge < -0.3 is 24.0 Å². The number of rotatable bonds is 2. The number of halogens is 3. The number of aromatic nitrogens is 2. The molecule has 2 aliphatic rings. The number of ether oxygens (including phenoxy) is 3. The van der Waals surface area contributed by atoms with Crippen LogP contribution in [0.3, 0.4) is 0 Å². The number of carbonyl (C=O) groups is 1. The SMILES string of the molecule is CC(C)(C)OC(=O)N1CCN(c2cn(-c3ccc4c(c3)OC(F)(F)O4)nc2Br)CC1. The highest BCUT2D eigenvalue weighted by Crippen LogP contribution is 2.42. The molecule has 3 heterocycles. The van der Waals surface area contributed by atoms with Crippen molar-refractivity contribution in [3.63, 3.8) is 0 Å². The second-order valence-electron chi connectivity index (χ2n) is 8.00. The fourth-order valence-corrected chi connectivity index (χ4v) is 3.75. The molecule has 11 heteroatoms. The van der Waals surface area contributed by atoms with Gasteiger partial charge in [-0.2, -0.15) is 5.10 Å². The lowest BCUT2D eigenvalue weighted by atomic mass is 10.2. The number of anilines is 1. The van der Waals surface area contributed by atoms with Crippen LogP contribution in [0.4, 0.5) is 19.3 Å². The molecule has 1 aromatic heterocycles. The molecule has 0 N–H and O–H groups in total. The number of piperazine rings is 1. The van der Waals surface area contributed by atoms with Crippen LogP contribution in [0, 0.1) is 0 Å². The first-order valence-corrected chi connectivity index (χ1v) is 10.2. The van der Waals surface area contributed by atoms with Gasteiger partial charge in [0, 0.05) is 32.2 Å². The molecule has 0 atom stereocenters. The lowest BCUT2D eigenvalue weighted by Gasteiger charge is -2.36. The van der Waals surface area contributed by atoms with Gasteiger partial charge in [-0.05, 0) is 48.8 Å². The van der Waals surface area contributed by atoms with Gasteiger partial charge in [-0.3, -0.25) is 0 Å². The van der Waals surface area contributed by atoms with E-state index in [0.29, 0.717) is 36.5 Å². The summed E-state index contributed by atoms with van der Waals surface area (Å²) in [6.07, 6.45) is -2.19. The van der Waals surface area contributed by atoms with E-state index in [1.807, 2.05) is 20.8 Å². The number of amides is 1. The second kappa shape index (κ2) is 7.29. The highest BCUT2D eigenvalue weighted by atomic mass is 79.9. The quantitative estimate of drug-likeness (QED) is 0.638. The molecule has 1 amide bonds. The Hall–Kier alpha value is -2.56. The second-order valence-corrected chi connectivity index (χ2v) is 8.75. The van der Waals surface area contributed by atoms with Crippen molar-refractivity contribution in [3.8, 4) is 17.2 Å². The van der Waals surface area contributed by atoms with Crippen molar-refractivity contribution in [1.29, 1.82) is 0 Å². The van der Waals surface area contributed by atoms with E-state index in [2.05, 4.69) is 35.4 Å². The highest BCUT2D eigenvalue weighted by Gasteiger charge is 2.43. The Bertz CT molecular complexity index is 968. The smallest absolute Gasteiger partial charge is 0.444 e. The summed E-state index contributed by atoms with van der Waals surface area (Å²) in [5.74, 6) is -0.0647. The van der Waals surface area contributed by atoms with Crippen molar-refractivity contribution in [2.75, 3.05) is 31.1 Å². The maximum atomic E-state index is 13.2. The summed E-state index contributed by atoms with van der Waals surface area (Å²) in [5, 5.41) is 4.42. The number of fused-ring (bicyclic) bond motifs is 1. The maximum absolute atomic E-state index is 13.2. The largest absolute Gasteiger partial charge is 0.586 e. The number of benzene rings is 1. The molecule has 1 saturated heterocycles. The van der Waals surface area contributed by atoms with Crippen molar-refractivity contribution < 1.29 is 27.8 Å². The summed E-state index contributed by atoms with van der Waals surface area (Å²) in [6, 6.07) is 4.48. The van der Waals surface area contributed by atoms with Crippen LogP contribution in [0.1, 0.15) is 20.8 Å². The molecular formula is C19H21BrF2N4O4. The molecule has 0 radical (unpaired) electrons. The van der Waals surface area contributed by atoms with Gasteiger partial charge in [-0.1, -0.05) is 0 Å². The normalized spacial score (nSPS) is 17.9. The zero-order chi connectivity index (χ0) is 21.7. The maximum Gasteiger partial charge on any atom is 0.586 e. The molecule has 8 nitrogen and oxygen atoms in total. The van der Waals surface area contributed by atoms with Gasteiger partial charge in [-0.25, -0.2) is 9.48 Å². The molecule has 0 saturated carbocycles. The third-order valence-electron chi connectivity index (χ3n) is 4.57. The van der Waals surface area contributed by atoms with E-state index in [1.165, 1.54) is 12.1 Å². The van der Waals surface area contributed by atoms with Crippen LogP contribution >= 0.6 is 15.9 Å². The van der Waals surface area contributed by atoms with E-state index in [9.17, 15) is 13.6 Å². The molecule has 2 aliphatic heterocycles. The van der Waals surface area contributed by atoms with E-state index in [4.69, 9.17) is 4.74 Å². The van der Waals surface area contributed by atoms with Crippen molar-refractivity contribution in [2.24, 2.45) is 0 Å². The van der Waals surface area contributed by atoms with Gasteiger partial charge in [0.25, 0.3) is 0 Å². The van der Waals surface area contributed by atoms with Crippen molar-refractivity contribution >= 4 is 27.7 Å². The third kappa shape index (κ3) is 4.30. The summed E-state index contributed by atoms with van der Waals surface area (Å²) in [6.45, 7) is 7.77. The first-order valence-electron chi connectivity index (χ1n) is 9.39. The first-order chi connectivity index (χ1) is 14.0. The summed E-state index contributed by atoms with van der Waals surface area (Å²) < 4.78 is 43.0. The van der Waals surface area contributed by atoms with Crippen molar-refractivity contribution in [2.45, 2.75) is 32.7 Å². The third-order valence-corrected chi connectivity index (χ3v) is 5.14. The molecule has 0 aliphatic carbocycles. The molecule has 0 bridgehead atoms. The molecule has 1 aromatic carbocycles. The monoisotopic (exact) mass is 486 g/mol. The van der Waals surface area contributed by atoms with Gasteiger partial charge >= 0.3 is 12.4 Å². The summed E-state index contributed by atoms with van der Waals surface area (Å²) in [4.78, 5) is 16.0. The number of alkyl halides is 2. The van der Waals surface area contributed by atoms with Crippen LogP contribution < -0.4 is 14.4 Å². The number of hydrogen-bond acceptors (Lipinski definition) is 6. The summed E-state index contributed by atoms with van der Waals surface area (Å²) >= 11 is 3.46. The lowest BCUT2D eigenvalue weighted by molar-refractivity contribution is -0.286. The Morgan fingerprint density at radius 3 is 2.50 bits per heavy atom. The molecule has 162 valence electrons. The fourth-order valence-electron chi connectivity index (χ4n) is 3.22. The van der Waals surface area contributed by atoms with Crippen molar-refractivity contribution in [3.05, 3.63) is 29.0 Å². The molecule has 4 rings (SSSR count). The van der Waals surface area contributed by atoms with Gasteiger partial charge in [-0.15, -0.1) is 8.78 Å². The molecule has 1 fully saturated rings. The van der Waals surface area contributed by atoms with E-state index in [1.54, 1.807) is 21.8 Å². The summed E-state index contributed by atoms with van der Waals surface area (Å²) in [5.41, 5.74) is 0.851. The van der Waals surface area contributed by atoms with Crippen LogP contribution in [-0.4, -0.2) is 58.8 Å². The predicted octanol–water partition coefficient (Wildman–Crippen LogP) is 4.01. The van der Waals surface area contributed by atoms with Gasteiger partial charge in [0.05, 0.1) is 17.6 Å². The van der Waals surface area contributed by atoms with Crippen LogP contribution in [0.15, 0.2) is 29.0 Å². The van der Waals surface area contributed by atoms with Crippen LogP contribution in [0.25, 0.3) is 5.69 Å². The predicted molar refractivity (Wildman–Crippen MR) is 107 cm³/mol. The summed E-state index contributed by atoms with van der Waals surface area (Å²) in [7, 11) is 0. The average Bonchev–Trinajstić information content (AvgIpc) is 3.17. The Morgan fingerprint density at radius 2 is 1.83 bits per heavy atom.